The van der Waals surface area contributed by atoms with Crippen LogP contribution >= 0.6 is 0 Å². The van der Waals surface area contributed by atoms with Crippen LogP contribution < -0.4 is 20.1 Å². The number of nitrogens with one attached hydrogen (secondary N) is 2. The van der Waals surface area contributed by atoms with E-state index in [0.29, 0.717) is 17.1 Å². The zero-order chi connectivity index (χ0) is 19.9. The minimum absolute atomic E-state index is 0.0774. The molecule has 0 aliphatic rings. The molecule has 0 aliphatic heterocycles. The van der Waals surface area contributed by atoms with Crippen LogP contribution in [0.25, 0.3) is 0 Å². The van der Waals surface area contributed by atoms with E-state index in [1.54, 1.807) is 30.5 Å². The van der Waals surface area contributed by atoms with Crippen molar-refractivity contribution in [2.45, 2.75) is 20.0 Å². The number of methoxy groups -OCH3 is 1. The van der Waals surface area contributed by atoms with Crippen molar-refractivity contribution in [1.82, 2.24) is 4.98 Å². The van der Waals surface area contributed by atoms with Crippen LogP contribution in [0.3, 0.4) is 0 Å². The van der Waals surface area contributed by atoms with E-state index >= 15 is 0 Å². The molecule has 0 aliphatic carbocycles. The predicted molar refractivity (Wildman–Crippen MR) is 111 cm³/mol. The number of carbonyl (C=O) groups excluding carboxylic acids is 1. The third kappa shape index (κ3) is 4.79. The van der Waals surface area contributed by atoms with Gasteiger partial charge in [-0.1, -0.05) is 24.3 Å². The molecule has 0 saturated carbocycles. The van der Waals surface area contributed by atoms with Crippen LogP contribution in [0.5, 0.6) is 11.5 Å². The molecule has 0 spiro atoms. The lowest BCUT2D eigenvalue weighted by atomic mass is 10.2. The van der Waals surface area contributed by atoms with Gasteiger partial charge in [-0.3, -0.25) is 4.79 Å². The Morgan fingerprint density at radius 2 is 1.68 bits per heavy atom. The van der Waals surface area contributed by atoms with Crippen molar-refractivity contribution in [3.63, 3.8) is 0 Å². The summed E-state index contributed by atoms with van der Waals surface area (Å²) in [5.41, 5.74) is 2.09. The van der Waals surface area contributed by atoms with Crippen LogP contribution in [-0.4, -0.2) is 24.1 Å². The number of carbonyl (C=O) groups is 1. The largest absolute Gasteiger partial charge is 0.496 e. The van der Waals surface area contributed by atoms with E-state index < -0.39 is 0 Å². The summed E-state index contributed by atoms with van der Waals surface area (Å²) >= 11 is 0. The summed E-state index contributed by atoms with van der Waals surface area (Å²) in [4.78, 5) is 16.8. The lowest BCUT2D eigenvalue weighted by Gasteiger charge is -2.15. The topological polar surface area (TPSA) is 72.5 Å². The molecule has 0 unspecified atom stereocenters. The van der Waals surface area contributed by atoms with Gasteiger partial charge in [-0.25, -0.2) is 4.98 Å². The molecule has 28 heavy (non-hydrogen) atoms. The Hall–Kier alpha value is -3.54. The molecule has 1 heterocycles. The highest BCUT2D eigenvalue weighted by atomic mass is 16.5. The van der Waals surface area contributed by atoms with Crippen LogP contribution in [0.1, 0.15) is 24.2 Å². The molecular formula is C22H23N3O3. The van der Waals surface area contributed by atoms with Gasteiger partial charge in [-0.05, 0) is 50.2 Å². The maximum absolute atomic E-state index is 12.5. The fourth-order valence-electron chi connectivity index (χ4n) is 2.64. The second kappa shape index (κ2) is 8.90. The Morgan fingerprint density at radius 1 is 0.964 bits per heavy atom. The van der Waals surface area contributed by atoms with Crippen molar-refractivity contribution in [3.05, 3.63) is 72.4 Å². The van der Waals surface area contributed by atoms with E-state index in [1.165, 1.54) is 7.11 Å². The number of hydrogen-bond donors (Lipinski definition) is 2. The Balaban J connectivity index is 1.70. The van der Waals surface area contributed by atoms with E-state index in [2.05, 4.69) is 15.6 Å². The number of rotatable bonds is 7. The summed E-state index contributed by atoms with van der Waals surface area (Å²) < 4.78 is 11.0. The number of aromatic nitrogens is 1. The van der Waals surface area contributed by atoms with Gasteiger partial charge in [0.2, 0.25) is 0 Å². The Bertz CT molecular complexity index is 940. The number of amides is 1. The van der Waals surface area contributed by atoms with Crippen molar-refractivity contribution in [3.8, 4) is 11.5 Å². The average Bonchev–Trinajstić information content (AvgIpc) is 2.70. The first-order valence-electron chi connectivity index (χ1n) is 9.00. The van der Waals surface area contributed by atoms with Gasteiger partial charge in [-0.2, -0.15) is 0 Å². The molecule has 6 nitrogen and oxygen atoms in total. The van der Waals surface area contributed by atoms with Crippen molar-refractivity contribution >= 4 is 23.1 Å². The summed E-state index contributed by atoms with van der Waals surface area (Å²) in [5.74, 6) is 1.46. The molecule has 0 radical (unpaired) electrons. The van der Waals surface area contributed by atoms with Gasteiger partial charge >= 0.3 is 0 Å². The van der Waals surface area contributed by atoms with E-state index in [0.717, 1.165) is 17.1 Å². The fraction of sp³-hybridized carbons (Fsp3) is 0.182. The van der Waals surface area contributed by atoms with Crippen LogP contribution in [0, 0.1) is 0 Å². The lowest BCUT2D eigenvalue weighted by Crippen LogP contribution is -2.14. The number of hydrogen-bond acceptors (Lipinski definition) is 5. The fourth-order valence-corrected chi connectivity index (χ4v) is 2.64. The summed E-state index contributed by atoms with van der Waals surface area (Å²) in [6, 6.07) is 18.3. The van der Waals surface area contributed by atoms with E-state index in [-0.39, 0.29) is 12.0 Å². The Kier molecular flexibility index (Phi) is 6.11. The number of pyridine rings is 1. The van der Waals surface area contributed by atoms with E-state index in [9.17, 15) is 4.79 Å². The normalized spacial score (nSPS) is 10.4. The van der Waals surface area contributed by atoms with Crippen molar-refractivity contribution in [1.29, 1.82) is 0 Å². The molecular weight excluding hydrogens is 354 g/mol. The molecule has 1 aromatic heterocycles. The maximum atomic E-state index is 12.5. The first-order valence-corrected chi connectivity index (χ1v) is 9.00. The van der Waals surface area contributed by atoms with Crippen LogP contribution in [0.2, 0.25) is 0 Å². The van der Waals surface area contributed by atoms with Crippen molar-refractivity contribution < 1.29 is 14.3 Å². The highest BCUT2D eigenvalue weighted by molar-refractivity contribution is 6.05. The molecule has 0 saturated heterocycles. The first-order chi connectivity index (χ1) is 13.6. The highest BCUT2D eigenvalue weighted by Crippen LogP contribution is 2.28. The minimum atomic E-state index is -0.277. The SMILES string of the molecule is COc1ccccc1C(=O)Nc1ccc(Nc2ccccc2OC(C)C)cn1. The van der Waals surface area contributed by atoms with Gasteiger partial charge in [0.1, 0.15) is 17.3 Å². The highest BCUT2D eigenvalue weighted by Gasteiger charge is 2.12. The monoisotopic (exact) mass is 377 g/mol. The molecule has 6 heteroatoms. The number of benzene rings is 2. The van der Waals surface area contributed by atoms with Gasteiger partial charge in [0.25, 0.3) is 5.91 Å². The third-order valence-corrected chi connectivity index (χ3v) is 3.89. The number of para-hydroxylation sites is 3. The Labute approximate surface area is 164 Å². The van der Waals surface area contributed by atoms with E-state index in [1.807, 2.05) is 50.2 Å². The maximum Gasteiger partial charge on any atom is 0.260 e. The molecule has 0 atom stereocenters. The van der Waals surface area contributed by atoms with Gasteiger partial charge in [0, 0.05) is 0 Å². The first kappa shape index (κ1) is 19.2. The van der Waals surface area contributed by atoms with Crippen LogP contribution in [0.15, 0.2) is 66.9 Å². The summed E-state index contributed by atoms with van der Waals surface area (Å²) in [6.45, 7) is 3.97. The summed E-state index contributed by atoms with van der Waals surface area (Å²) in [6.07, 6.45) is 1.73. The number of ether oxygens (including phenoxy) is 2. The van der Waals surface area contributed by atoms with Crippen LogP contribution in [0.4, 0.5) is 17.2 Å². The summed E-state index contributed by atoms with van der Waals surface area (Å²) in [7, 11) is 1.53. The zero-order valence-corrected chi connectivity index (χ0v) is 16.1. The third-order valence-electron chi connectivity index (χ3n) is 3.89. The zero-order valence-electron chi connectivity index (χ0n) is 16.1. The van der Waals surface area contributed by atoms with Gasteiger partial charge < -0.3 is 20.1 Å². The van der Waals surface area contributed by atoms with Crippen molar-refractivity contribution in [2.75, 3.05) is 17.7 Å². The predicted octanol–water partition coefficient (Wildman–Crippen LogP) is 4.87. The van der Waals surface area contributed by atoms with Gasteiger partial charge in [0.05, 0.1) is 36.3 Å². The van der Waals surface area contributed by atoms with Gasteiger partial charge in [0.15, 0.2) is 0 Å². The quantitative estimate of drug-likeness (QED) is 0.614. The Morgan fingerprint density at radius 3 is 2.36 bits per heavy atom. The second-order valence-corrected chi connectivity index (χ2v) is 6.37. The van der Waals surface area contributed by atoms with Crippen molar-refractivity contribution in [2.24, 2.45) is 0 Å². The second-order valence-electron chi connectivity index (χ2n) is 6.37. The smallest absolute Gasteiger partial charge is 0.260 e. The molecule has 3 aromatic rings. The van der Waals surface area contributed by atoms with Crippen LogP contribution in [-0.2, 0) is 0 Å². The molecule has 0 fully saturated rings. The molecule has 0 bridgehead atoms. The number of anilines is 3. The number of nitrogens with zero attached hydrogens (tertiary/aromatic N) is 1. The van der Waals surface area contributed by atoms with E-state index in [4.69, 9.17) is 9.47 Å². The standard InChI is InChI=1S/C22H23N3O3/c1-15(2)28-20-11-7-5-9-18(20)24-16-12-13-21(23-14-16)25-22(26)17-8-4-6-10-19(17)27-3/h4-15,24H,1-3H3,(H,23,25,26). The molecule has 144 valence electrons. The lowest BCUT2D eigenvalue weighted by molar-refractivity contribution is 0.102. The summed E-state index contributed by atoms with van der Waals surface area (Å²) in [5, 5.41) is 6.07. The molecule has 1 amide bonds. The molecule has 2 aromatic carbocycles. The molecule has 3 rings (SSSR count). The average molecular weight is 377 g/mol. The van der Waals surface area contributed by atoms with Gasteiger partial charge in [-0.15, -0.1) is 0 Å². The minimum Gasteiger partial charge on any atom is -0.496 e. The molecule has 2 N–H and O–H groups in total.